The summed E-state index contributed by atoms with van der Waals surface area (Å²) >= 11 is 0. The Hall–Kier alpha value is -2.17. The van der Waals surface area contributed by atoms with Crippen molar-refractivity contribution in [3.8, 4) is 11.1 Å². The van der Waals surface area contributed by atoms with Gasteiger partial charge in [-0.05, 0) is 43.0 Å². The van der Waals surface area contributed by atoms with Crippen molar-refractivity contribution in [1.29, 1.82) is 0 Å². The first-order valence-corrected chi connectivity index (χ1v) is 9.13. The van der Waals surface area contributed by atoms with Crippen LogP contribution in [0.3, 0.4) is 0 Å². The number of carbonyl (C=O) groups excluding carboxylic acids is 1. The van der Waals surface area contributed by atoms with Crippen LogP contribution in [0.4, 0.5) is 0 Å². The van der Waals surface area contributed by atoms with Gasteiger partial charge in [0.15, 0.2) is 5.60 Å². The Morgan fingerprint density at radius 2 is 1.56 bits per heavy atom. The van der Waals surface area contributed by atoms with Crippen LogP contribution in [0, 0.1) is 5.92 Å². The van der Waals surface area contributed by atoms with E-state index in [4.69, 9.17) is 0 Å². The van der Waals surface area contributed by atoms with Crippen LogP contribution in [-0.4, -0.2) is 41.6 Å². The third-order valence-electron chi connectivity index (χ3n) is 6.23. The van der Waals surface area contributed by atoms with E-state index in [9.17, 15) is 9.90 Å². The fourth-order valence-corrected chi connectivity index (χ4v) is 4.86. The Balaban J connectivity index is 1.53. The molecule has 1 amide bonds. The van der Waals surface area contributed by atoms with Crippen molar-refractivity contribution in [1.82, 2.24) is 10.2 Å². The van der Waals surface area contributed by atoms with Crippen molar-refractivity contribution in [2.45, 2.75) is 24.5 Å². The van der Waals surface area contributed by atoms with Crippen LogP contribution in [-0.2, 0) is 10.4 Å². The zero-order valence-electron chi connectivity index (χ0n) is 14.1. The van der Waals surface area contributed by atoms with Crippen LogP contribution in [0.15, 0.2) is 48.5 Å². The van der Waals surface area contributed by atoms with Crippen LogP contribution in [0.2, 0.25) is 0 Å². The van der Waals surface area contributed by atoms with E-state index in [1.807, 2.05) is 48.5 Å². The fourth-order valence-electron chi connectivity index (χ4n) is 4.86. The smallest absolute Gasteiger partial charge is 0.261 e. The minimum absolute atomic E-state index is 0.138. The van der Waals surface area contributed by atoms with E-state index in [2.05, 4.69) is 10.2 Å². The summed E-state index contributed by atoms with van der Waals surface area (Å²) in [6.07, 6.45) is 2.27. The van der Waals surface area contributed by atoms with Gasteiger partial charge in [0, 0.05) is 23.7 Å². The average Bonchev–Trinajstić information content (AvgIpc) is 2.94. The molecule has 3 fully saturated rings. The van der Waals surface area contributed by atoms with Crippen molar-refractivity contribution in [2.24, 2.45) is 5.92 Å². The Bertz CT molecular complexity index is 794. The lowest BCUT2D eigenvalue weighted by Crippen LogP contribution is -2.60. The monoisotopic (exact) mass is 334 g/mol. The number of hydrogen-bond acceptors (Lipinski definition) is 3. The molecular formula is C21H22N2O2. The van der Waals surface area contributed by atoms with E-state index in [-0.39, 0.29) is 11.9 Å². The first kappa shape index (κ1) is 15.1. The second-order valence-corrected chi connectivity index (χ2v) is 7.52. The predicted octanol–water partition coefficient (Wildman–Crippen LogP) is 2.11. The minimum Gasteiger partial charge on any atom is -0.372 e. The van der Waals surface area contributed by atoms with Gasteiger partial charge in [0.25, 0.3) is 5.91 Å². The van der Waals surface area contributed by atoms with Gasteiger partial charge >= 0.3 is 0 Å². The molecule has 25 heavy (non-hydrogen) atoms. The molecule has 3 heterocycles. The number of rotatable bonds is 2. The molecule has 2 aromatic carbocycles. The van der Waals surface area contributed by atoms with Crippen LogP contribution in [0.5, 0.6) is 0 Å². The summed E-state index contributed by atoms with van der Waals surface area (Å²) in [4.78, 5) is 15.7. The zero-order valence-corrected chi connectivity index (χ0v) is 14.1. The topological polar surface area (TPSA) is 52.6 Å². The van der Waals surface area contributed by atoms with Gasteiger partial charge in [0.1, 0.15) is 0 Å². The number of fused-ring (bicyclic) bond motifs is 6. The van der Waals surface area contributed by atoms with Crippen molar-refractivity contribution < 1.29 is 9.90 Å². The van der Waals surface area contributed by atoms with E-state index in [0.717, 1.165) is 43.6 Å². The van der Waals surface area contributed by atoms with E-state index in [0.29, 0.717) is 17.0 Å². The van der Waals surface area contributed by atoms with Crippen molar-refractivity contribution >= 4 is 5.91 Å². The first-order chi connectivity index (χ1) is 12.2. The molecule has 1 unspecified atom stereocenters. The molecule has 2 aromatic rings. The number of piperidine rings is 3. The summed E-state index contributed by atoms with van der Waals surface area (Å²) in [6.45, 7) is 3.16. The molecule has 1 aliphatic carbocycles. The van der Waals surface area contributed by atoms with Gasteiger partial charge in [-0.15, -0.1) is 0 Å². The summed E-state index contributed by atoms with van der Waals surface area (Å²) < 4.78 is 0. The van der Waals surface area contributed by atoms with E-state index < -0.39 is 5.60 Å². The van der Waals surface area contributed by atoms with E-state index in [1.165, 1.54) is 0 Å². The van der Waals surface area contributed by atoms with Crippen molar-refractivity contribution in [2.75, 3.05) is 19.6 Å². The summed E-state index contributed by atoms with van der Waals surface area (Å²) in [5.41, 5.74) is 1.68. The number of amides is 1. The molecule has 4 heteroatoms. The molecule has 3 aliphatic heterocycles. The van der Waals surface area contributed by atoms with Crippen molar-refractivity contribution in [3.05, 3.63) is 59.7 Å². The maximum atomic E-state index is 13.3. The molecule has 4 nitrogen and oxygen atoms in total. The molecule has 6 rings (SSSR count). The molecular weight excluding hydrogens is 312 g/mol. The SMILES string of the molecule is O=C(NC1CN2CCC1CC2)C1(O)c2ccccc2-c2ccccc21. The highest BCUT2D eigenvalue weighted by Crippen LogP contribution is 2.47. The molecule has 0 spiro atoms. The fraction of sp³-hybridized carbons (Fsp3) is 0.381. The highest BCUT2D eigenvalue weighted by molar-refractivity contribution is 5.98. The van der Waals surface area contributed by atoms with E-state index >= 15 is 0 Å². The van der Waals surface area contributed by atoms with Gasteiger partial charge in [-0.3, -0.25) is 4.79 Å². The Kier molecular flexibility index (Phi) is 3.27. The zero-order chi connectivity index (χ0) is 17.0. The summed E-state index contributed by atoms with van der Waals surface area (Å²) in [5.74, 6) is 0.244. The number of hydrogen-bond donors (Lipinski definition) is 2. The Morgan fingerprint density at radius 1 is 1.00 bits per heavy atom. The standard InChI is InChI=1S/C21H22N2O2/c24-20(22-19-13-23-11-9-14(19)10-12-23)21(25)17-7-3-1-5-15(17)16-6-2-4-8-18(16)21/h1-8,14,19,25H,9-13H2,(H,22,24). The normalized spacial score (nSPS) is 28.3. The second kappa shape index (κ2) is 5.41. The number of carbonyl (C=O) groups is 1. The van der Waals surface area contributed by atoms with Crippen LogP contribution < -0.4 is 5.32 Å². The molecule has 0 saturated carbocycles. The molecule has 1 atom stereocenters. The van der Waals surface area contributed by atoms with E-state index in [1.54, 1.807) is 0 Å². The Morgan fingerprint density at radius 3 is 2.08 bits per heavy atom. The molecule has 0 aromatic heterocycles. The molecule has 2 N–H and O–H groups in total. The molecule has 4 aliphatic rings. The maximum Gasteiger partial charge on any atom is 0.261 e. The molecule has 2 bridgehead atoms. The van der Waals surface area contributed by atoms with Crippen LogP contribution in [0.1, 0.15) is 24.0 Å². The second-order valence-electron chi connectivity index (χ2n) is 7.52. The number of nitrogens with one attached hydrogen (secondary N) is 1. The molecule has 0 radical (unpaired) electrons. The molecule has 128 valence electrons. The predicted molar refractivity (Wildman–Crippen MR) is 96.0 cm³/mol. The van der Waals surface area contributed by atoms with Crippen LogP contribution in [0.25, 0.3) is 11.1 Å². The van der Waals surface area contributed by atoms with Gasteiger partial charge in [-0.25, -0.2) is 0 Å². The maximum absolute atomic E-state index is 13.3. The number of aliphatic hydroxyl groups is 1. The van der Waals surface area contributed by atoms with Gasteiger partial charge in [0.2, 0.25) is 0 Å². The average molecular weight is 334 g/mol. The van der Waals surface area contributed by atoms with Gasteiger partial charge < -0.3 is 15.3 Å². The quantitative estimate of drug-likeness (QED) is 0.884. The lowest BCUT2D eigenvalue weighted by atomic mass is 9.83. The van der Waals surface area contributed by atoms with Gasteiger partial charge in [-0.2, -0.15) is 0 Å². The van der Waals surface area contributed by atoms with Gasteiger partial charge in [0.05, 0.1) is 0 Å². The Labute approximate surface area is 147 Å². The number of benzene rings is 2. The third kappa shape index (κ3) is 2.11. The first-order valence-electron chi connectivity index (χ1n) is 9.13. The summed E-state index contributed by atoms with van der Waals surface area (Å²) in [6, 6.07) is 15.5. The molecule has 3 saturated heterocycles. The lowest BCUT2D eigenvalue weighted by Gasteiger charge is -2.45. The summed E-state index contributed by atoms with van der Waals surface area (Å²) in [5, 5.41) is 14.7. The van der Waals surface area contributed by atoms with Crippen molar-refractivity contribution in [3.63, 3.8) is 0 Å². The highest BCUT2D eigenvalue weighted by Gasteiger charge is 2.49. The lowest BCUT2D eigenvalue weighted by molar-refractivity contribution is -0.138. The largest absolute Gasteiger partial charge is 0.372 e. The number of nitrogens with zero attached hydrogens (tertiary/aromatic N) is 1. The summed E-state index contributed by atoms with van der Waals surface area (Å²) in [7, 11) is 0. The third-order valence-corrected chi connectivity index (χ3v) is 6.23. The van der Waals surface area contributed by atoms with Crippen LogP contribution >= 0.6 is 0 Å². The minimum atomic E-state index is -1.60. The van der Waals surface area contributed by atoms with Gasteiger partial charge in [-0.1, -0.05) is 48.5 Å². The highest BCUT2D eigenvalue weighted by atomic mass is 16.3.